The van der Waals surface area contributed by atoms with Gasteiger partial charge in [-0.2, -0.15) is 0 Å². The average molecular weight is 208 g/mol. The normalized spacial score (nSPS) is 28.1. The van der Waals surface area contributed by atoms with Gasteiger partial charge >= 0.3 is 0 Å². The third kappa shape index (κ3) is 3.62. The molecule has 0 aromatic rings. The second kappa shape index (κ2) is 5.66. The van der Waals surface area contributed by atoms with E-state index in [0.717, 1.165) is 6.04 Å². The first-order valence-corrected chi connectivity index (χ1v) is 6.44. The van der Waals surface area contributed by atoms with Gasteiger partial charge in [-0.25, -0.2) is 0 Å². The minimum atomic E-state index is 0.749. The van der Waals surface area contributed by atoms with E-state index >= 15 is 0 Å². The summed E-state index contributed by atoms with van der Waals surface area (Å²) in [5, 5.41) is 3.68. The van der Waals surface area contributed by atoms with Gasteiger partial charge in [0.15, 0.2) is 0 Å². The summed E-state index contributed by atoms with van der Waals surface area (Å²) in [5.74, 6) is 0. The van der Waals surface area contributed by atoms with E-state index in [2.05, 4.69) is 23.3 Å². The summed E-state index contributed by atoms with van der Waals surface area (Å²) >= 11 is 0. The quantitative estimate of drug-likeness (QED) is 0.712. The molecule has 1 N–H and O–H groups in total. The van der Waals surface area contributed by atoms with Crippen molar-refractivity contribution in [3.63, 3.8) is 0 Å². The van der Waals surface area contributed by atoms with Crippen LogP contribution in [0, 0.1) is 0 Å². The molecular weight excluding hydrogens is 184 g/mol. The molecule has 1 unspecified atom stereocenters. The molecule has 1 saturated heterocycles. The summed E-state index contributed by atoms with van der Waals surface area (Å²) in [5.41, 5.74) is 1.69. The summed E-state index contributed by atoms with van der Waals surface area (Å²) in [4.78, 5) is 2.41. The molecule has 0 amide bonds. The Balaban J connectivity index is 1.60. The van der Waals surface area contributed by atoms with Crippen molar-refractivity contribution in [1.82, 2.24) is 10.2 Å². The van der Waals surface area contributed by atoms with E-state index in [1.165, 1.54) is 58.2 Å². The first kappa shape index (κ1) is 11.2. The number of likely N-dealkylation sites (N-methyl/N-ethyl adjacent to an activating group) is 1. The molecule has 0 saturated carbocycles. The standard InChI is InChI=1S/C13H24N2/c1-15-10-8-13(11-15)14-9-7-12-5-3-2-4-6-12/h5,13-14H,2-4,6-11H2,1H3. The number of rotatable bonds is 4. The number of hydrogen-bond acceptors (Lipinski definition) is 2. The van der Waals surface area contributed by atoms with Gasteiger partial charge in [0.2, 0.25) is 0 Å². The molecule has 1 aliphatic carbocycles. The molecule has 2 heteroatoms. The van der Waals surface area contributed by atoms with E-state index in [1.807, 2.05) is 0 Å². The van der Waals surface area contributed by atoms with Gasteiger partial charge < -0.3 is 10.2 Å². The molecule has 1 atom stereocenters. The molecule has 0 aromatic heterocycles. The van der Waals surface area contributed by atoms with Crippen molar-refractivity contribution >= 4 is 0 Å². The number of likely N-dealkylation sites (tertiary alicyclic amines) is 1. The zero-order valence-corrected chi connectivity index (χ0v) is 9.97. The van der Waals surface area contributed by atoms with E-state index in [1.54, 1.807) is 5.57 Å². The predicted molar refractivity (Wildman–Crippen MR) is 65.1 cm³/mol. The molecular formula is C13H24N2. The molecule has 15 heavy (non-hydrogen) atoms. The van der Waals surface area contributed by atoms with Crippen LogP contribution in [0.25, 0.3) is 0 Å². The van der Waals surface area contributed by atoms with Crippen LogP contribution in [0.4, 0.5) is 0 Å². The Labute approximate surface area is 93.7 Å². The van der Waals surface area contributed by atoms with E-state index in [4.69, 9.17) is 0 Å². The molecule has 1 fully saturated rings. The van der Waals surface area contributed by atoms with Crippen molar-refractivity contribution < 1.29 is 0 Å². The molecule has 0 radical (unpaired) electrons. The van der Waals surface area contributed by atoms with Crippen LogP contribution in [0.2, 0.25) is 0 Å². The topological polar surface area (TPSA) is 15.3 Å². The van der Waals surface area contributed by atoms with Crippen molar-refractivity contribution in [3.05, 3.63) is 11.6 Å². The molecule has 0 spiro atoms. The monoisotopic (exact) mass is 208 g/mol. The third-order valence-corrected chi connectivity index (χ3v) is 3.66. The van der Waals surface area contributed by atoms with E-state index in [-0.39, 0.29) is 0 Å². The van der Waals surface area contributed by atoms with Crippen molar-refractivity contribution in [2.24, 2.45) is 0 Å². The minimum absolute atomic E-state index is 0.749. The molecule has 2 nitrogen and oxygen atoms in total. The molecule has 0 aromatic carbocycles. The summed E-state index contributed by atoms with van der Waals surface area (Å²) < 4.78 is 0. The third-order valence-electron chi connectivity index (χ3n) is 3.66. The highest BCUT2D eigenvalue weighted by Crippen LogP contribution is 2.19. The number of nitrogens with zero attached hydrogens (tertiary/aromatic N) is 1. The zero-order chi connectivity index (χ0) is 10.5. The van der Waals surface area contributed by atoms with Crippen LogP contribution in [-0.4, -0.2) is 37.6 Å². The van der Waals surface area contributed by atoms with Crippen molar-refractivity contribution in [2.75, 3.05) is 26.7 Å². The number of nitrogens with one attached hydrogen (secondary N) is 1. The number of hydrogen-bond donors (Lipinski definition) is 1. The average Bonchev–Trinajstić information content (AvgIpc) is 2.66. The van der Waals surface area contributed by atoms with Gasteiger partial charge in [0.25, 0.3) is 0 Å². The Kier molecular flexibility index (Phi) is 4.21. The second-order valence-corrected chi connectivity index (χ2v) is 5.06. The largest absolute Gasteiger partial charge is 0.312 e. The first-order chi connectivity index (χ1) is 7.34. The number of allylic oxidation sites excluding steroid dienone is 1. The highest BCUT2D eigenvalue weighted by molar-refractivity contribution is 5.05. The zero-order valence-electron chi connectivity index (χ0n) is 9.97. The van der Waals surface area contributed by atoms with Crippen molar-refractivity contribution in [1.29, 1.82) is 0 Å². The SMILES string of the molecule is CN1CCC(NCCC2=CCCCC2)C1. The lowest BCUT2D eigenvalue weighted by Gasteiger charge is -2.16. The summed E-state index contributed by atoms with van der Waals surface area (Å²) in [6, 6.07) is 0.749. The second-order valence-electron chi connectivity index (χ2n) is 5.06. The molecule has 2 aliphatic rings. The van der Waals surface area contributed by atoms with Gasteiger partial charge in [0, 0.05) is 12.6 Å². The fraction of sp³-hybridized carbons (Fsp3) is 0.846. The lowest BCUT2D eigenvalue weighted by Crippen LogP contribution is -2.32. The maximum atomic E-state index is 3.68. The van der Waals surface area contributed by atoms with Gasteiger partial charge in [-0.15, -0.1) is 0 Å². The highest BCUT2D eigenvalue weighted by Gasteiger charge is 2.18. The van der Waals surface area contributed by atoms with E-state index in [9.17, 15) is 0 Å². The summed E-state index contributed by atoms with van der Waals surface area (Å²) in [6.45, 7) is 3.68. The first-order valence-electron chi connectivity index (χ1n) is 6.44. The summed E-state index contributed by atoms with van der Waals surface area (Å²) in [6.07, 6.45) is 10.6. The molecule has 86 valence electrons. The molecule has 0 bridgehead atoms. The van der Waals surface area contributed by atoms with Crippen molar-refractivity contribution in [2.45, 2.75) is 44.6 Å². The fourth-order valence-electron chi connectivity index (χ4n) is 2.67. The Hall–Kier alpha value is -0.340. The van der Waals surface area contributed by atoms with Gasteiger partial charge in [-0.05, 0) is 58.7 Å². The molecule has 2 rings (SSSR count). The molecule has 1 aliphatic heterocycles. The van der Waals surface area contributed by atoms with Gasteiger partial charge in [-0.3, -0.25) is 0 Å². The van der Waals surface area contributed by atoms with Crippen LogP contribution >= 0.6 is 0 Å². The maximum Gasteiger partial charge on any atom is 0.0207 e. The Morgan fingerprint density at radius 3 is 3.07 bits per heavy atom. The van der Waals surface area contributed by atoms with Crippen LogP contribution in [0.1, 0.15) is 38.5 Å². The minimum Gasteiger partial charge on any atom is -0.312 e. The van der Waals surface area contributed by atoms with Crippen LogP contribution in [-0.2, 0) is 0 Å². The lowest BCUT2D eigenvalue weighted by molar-refractivity contribution is 0.398. The maximum absolute atomic E-state index is 3.68. The van der Waals surface area contributed by atoms with Crippen LogP contribution < -0.4 is 5.32 Å². The van der Waals surface area contributed by atoms with E-state index < -0.39 is 0 Å². The fourth-order valence-corrected chi connectivity index (χ4v) is 2.67. The Morgan fingerprint density at radius 1 is 1.47 bits per heavy atom. The van der Waals surface area contributed by atoms with Gasteiger partial charge in [-0.1, -0.05) is 11.6 Å². The van der Waals surface area contributed by atoms with E-state index in [0.29, 0.717) is 0 Å². The smallest absolute Gasteiger partial charge is 0.0207 e. The van der Waals surface area contributed by atoms with Crippen molar-refractivity contribution in [3.8, 4) is 0 Å². The van der Waals surface area contributed by atoms with Gasteiger partial charge in [0.05, 0.1) is 0 Å². The Bertz CT molecular complexity index is 223. The highest BCUT2D eigenvalue weighted by atomic mass is 15.2. The van der Waals surface area contributed by atoms with Crippen LogP contribution in [0.15, 0.2) is 11.6 Å². The predicted octanol–water partition coefficient (Wildman–Crippen LogP) is 2.17. The van der Waals surface area contributed by atoms with Crippen LogP contribution in [0.3, 0.4) is 0 Å². The van der Waals surface area contributed by atoms with Gasteiger partial charge in [0.1, 0.15) is 0 Å². The lowest BCUT2D eigenvalue weighted by atomic mass is 9.97. The molecule has 1 heterocycles. The summed E-state index contributed by atoms with van der Waals surface area (Å²) in [7, 11) is 2.21. The van der Waals surface area contributed by atoms with Crippen LogP contribution in [0.5, 0.6) is 0 Å². The Morgan fingerprint density at radius 2 is 2.40 bits per heavy atom.